The number of hydrogen-bond acceptors (Lipinski definition) is 0. The number of fused-ring (bicyclic) bond motifs is 2. The molecule has 0 unspecified atom stereocenters. The smallest absolute Gasteiger partial charge is 0.0155 e. The van der Waals surface area contributed by atoms with Crippen molar-refractivity contribution in [3.05, 3.63) is 70.8 Å². The van der Waals surface area contributed by atoms with Gasteiger partial charge in [-0.1, -0.05) is 66.8 Å². The van der Waals surface area contributed by atoms with Crippen LogP contribution in [0.15, 0.2) is 48.5 Å². The summed E-state index contributed by atoms with van der Waals surface area (Å²) < 4.78 is 0. The molecule has 0 heteroatoms. The Morgan fingerprint density at radius 2 is 1.24 bits per heavy atom. The van der Waals surface area contributed by atoms with Gasteiger partial charge in [0.25, 0.3) is 0 Å². The third kappa shape index (κ3) is 1.83. The second kappa shape index (κ2) is 4.06. The molecule has 82 valence electrons. The number of rotatable bonds is 0. The third-order valence-electron chi connectivity index (χ3n) is 3.20. The summed E-state index contributed by atoms with van der Waals surface area (Å²) in [6.45, 7) is 2.18. The summed E-state index contributed by atoms with van der Waals surface area (Å²) in [6.07, 6.45) is 6.65. The van der Waals surface area contributed by atoms with Crippen LogP contribution in [-0.2, 0) is 0 Å². The molecule has 1 aliphatic carbocycles. The maximum absolute atomic E-state index is 2.26. The Labute approximate surface area is 102 Å². The average molecular weight is 218 g/mol. The second-order valence-electron chi connectivity index (χ2n) is 4.38. The molecule has 0 aromatic heterocycles. The molecule has 0 nitrogen and oxygen atoms in total. The summed E-state index contributed by atoms with van der Waals surface area (Å²) in [4.78, 5) is 0. The maximum Gasteiger partial charge on any atom is -0.0155 e. The zero-order chi connectivity index (χ0) is 11.7. The van der Waals surface area contributed by atoms with Crippen molar-refractivity contribution in [2.24, 2.45) is 0 Å². The molecule has 0 atom stereocenters. The molecule has 2 aromatic rings. The highest BCUT2D eigenvalue weighted by molar-refractivity contribution is 5.91. The van der Waals surface area contributed by atoms with E-state index in [2.05, 4.69) is 73.7 Å². The van der Waals surface area contributed by atoms with Gasteiger partial charge in [0, 0.05) is 0 Å². The van der Waals surface area contributed by atoms with Crippen molar-refractivity contribution in [3.63, 3.8) is 0 Å². The molecule has 1 aliphatic rings. The number of hydrogen-bond donors (Lipinski definition) is 0. The van der Waals surface area contributed by atoms with Crippen LogP contribution in [0.1, 0.15) is 29.2 Å². The fourth-order valence-electron chi connectivity index (χ4n) is 2.29. The first-order valence-corrected chi connectivity index (χ1v) is 5.89. The lowest BCUT2D eigenvalue weighted by molar-refractivity contribution is 1.52. The lowest BCUT2D eigenvalue weighted by Gasteiger charge is -2.11. The number of allylic oxidation sites excluding steroid dienone is 1. The molecule has 3 rings (SSSR count). The minimum absolute atomic E-state index is 1.28. The largest absolute Gasteiger partial charge is 0.0616 e. The summed E-state index contributed by atoms with van der Waals surface area (Å²) in [5.74, 6) is 0. The first-order chi connectivity index (χ1) is 8.34. The van der Waals surface area contributed by atoms with E-state index in [1.165, 1.54) is 27.8 Å². The minimum atomic E-state index is 1.28. The van der Waals surface area contributed by atoms with Gasteiger partial charge in [0.1, 0.15) is 0 Å². The van der Waals surface area contributed by atoms with Gasteiger partial charge < -0.3 is 0 Å². The van der Waals surface area contributed by atoms with Crippen LogP contribution in [0.25, 0.3) is 23.8 Å². The van der Waals surface area contributed by atoms with Crippen LogP contribution in [0.3, 0.4) is 0 Å². The van der Waals surface area contributed by atoms with Gasteiger partial charge in [-0.05, 0) is 34.8 Å². The van der Waals surface area contributed by atoms with Gasteiger partial charge in [-0.3, -0.25) is 0 Å². The van der Waals surface area contributed by atoms with E-state index in [1.54, 1.807) is 0 Å². The summed E-state index contributed by atoms with van der Waals surface area (Å²) in [6, 6.07) is 17.0. The van der Waals surface area contributed by atoms with E-state index < -0.39 is 0 Å². The molecule has 0 saturated heterocycles. The van der Waals surface area contributed by atoms with Crippen molar-refractivity contribution in [2.75, 3.05) is 0 Å². The van der Waals surface area contributed by atoms with Crippen molar-refractivity contribution >= 4 is 23.8 Å². The third-order valence-corrected chi connectivity index (χ3v) is 3.20. The van der Waals surface area contributed by atoms with E-state index in [0.717, 1.165) is 0 Å². The molecule has 0 heterocycles. The van der Waals surface area contributed by atoms with Crippen molar-refractivity contribution in [2.45, 2.75) is 6.92 Å². The van der Waals surface area contributed by atoms with Crippen LogP contribution in [0.2, 0.25) is 0 Å². The molecule has 0 aliphatic heterocycles. The van der Waals surface area contributed by atoms with Crippen LogP contribution in [-0.4, -0.2) is 0 Å². The van der Waals surface area contributed by atoms with E-state index in [0.29, 0.717) is 0 Å². The number of benzene rings is 2. The van der Waals surface area contributed by atoms with Gasteiger partial charge in [0.2, 0.25) is 0 Å². The first-order valence-electron chi connectivity index (χ1n) is 5.89. The van der Waals surface area contributed by atoms with Crippen LogP contribution in [0, 0.1) is 0 Å². The van der Waals surface area contributed by atoms with E-state index in [-0.39, 0.29) is 0 Å². The van der Waals surface area contributed by atoms with Crippen molar-refractivity contribution < 1.29 is 0 Å². The summed E-state index contributed by atoms with van der Waals surface area (Å²) in [7, 11) is 0. The Balaban J connectivity index is 2.25. The first kappa shape index (κ1) is 10.1. The fourth-order valence-corrected chi connectivity index (χ4v) is 2.29. The van der Waals surface area contributed by atoms with Gasteiger partial charge >= 0.3 is 0 Å². The predicted octanol–water partition coefficient (Wildman–Crippen LogP) is 4.73. The summed E-state index contributed by atoms with van der Waals surface area (Å²) >= 11 is 0. The Bertz CT molecular complexity index is 615. The highest BCUT2D eigenvalue weighted by atomic mass is 14.1. The molecular weight excluding hydrogens is 204 g/mol. The van der Waals surface area contributed by atoms with Gasteiger partial charge in [-0.15, -0.1) is 0 Å². The zero-order valence-corrected chi connectivity index (χ0v) is 9.85. The normalized spacial score (nSPS) is 18.1. The Morgan fingerprint density at radius 3 is 2.06 bits per heavy atom. The molecule has 0 N–H and O–H groups in total. The lowest BCUT2D eigenvalue weighted by Crippen LogP contribution is -1.89. The standard InChI is InChI=1S/C17H14/c1-13-12-16-8-3-2-6-14(16)10-11-15-7-4-5-9-17(13)15/h2-12H,1H3/b11-10-,13-12-,14-10?,15-11?,16-12?,17-13?. The molecule has 2 aromatic carbocycles. The minimum Gasteiger partial charge on any atom is -0.0616 e. The molecule has 0 amide bonds. The quantitative estimate of drug-likeness (QED) is 0.599. The fraction of sp³-hybridized carbons (Fsp3) is 0.0588. The van der Waals surface area contributed by atoms with Crippen molar-refractivity contribution in [3.8, 4) is 0 Å². The van der Waals surface area contributed by atoms with Crippen LogP contribution >= 0.6 is 0 Å². The summed E-state index contributed by atoms with van der Waals surface area (Å²) in [5, 5.41) is 0. The Morgan fingerprint density at radius 1 is 0.647 bits per heavy atom. The van der Waals surface area contributed by atoms with Crippen LogP contribution < -0.4 is 0 Å². The average Bonchev–Trinajstić information content (AvgIpc) is 2.36. The van der Waals surface area contributed by atoms with Crippen molar-refractivity contribution in [1.82, 2.24) is 0 Å². The Kier molecular flexibility index (Phi) is 2.41. The van der Waals surface area contributed by atoms with E-state index in [9.17, 15) is 0 Å². The monoisotopic (exact) mass is 218 g/mol. The molecule has 0 radical (unpaired) electrons. The highest BCUT2D eigenvalue weighted by Gasteiger charge is 2.05. The predicted molar refractivity (Wildman–Crippen MR) is 75.4 cm³/mol. The molecule has 17 heavy (non-hydrogen) atoms. The molecule has 0 bridgehead atoms. The van der Waals surface area contributed by atoms with Gasteiger partial charge in [0.05, 0.1) is 0 Å². The van der Waals surface area contributed by atoms with Crippen LogP contribution in [0.4, 0.5) is 0 Å². The van der Waals surface area contributed by atoms with Crippen molar-refractivity contribution in [1.29, 1.82) is 0 Å². The topological polar surface area (TPSA) is 0 Å². The molecule has 0 saturated carbocycles. The SMILES string of the molecule is C/C1=C/c2ccccc2/C=C\c2ccccc21. The second-order valence-corrected chi connectivity index (χ2v) is 4.38. The van der Waals surface area contributed by atoms with Gasteiger partial charge in [0.15, 0.2) is 0 Å². The summed E-state index contributed by atoms with van der Waals surface area (Å²) in [5.41, 5.74) is 6.49. The lowest BCUT2D eigenvalue weighted by atomic mass is 9.94. The zero-order valence-electron chi connectivity index (χ0n) is 9.85. The van der Waals surface area contributed by atoms with Gasteiger partial charge in [-0.25, -0.2) is 0 Å². The van der Waals surface area contributed by atoms with E-state index in [4.69, 9.17) is 0 Å². The van der Waals surface area contributed by atoms with Crippen LogP contribution in [0.5, 0.6) is 0 Å². The maximum atomic E-state index is 2.26. The molecule has 0 fully saturated rings. The highest BCUT2D eigenvalue weighted by Crippen LogP contribution is 2.27. The van der Waals surface area contributed by atoms with Gasteiger partial charge in [-0.2, -0.15) is 0 Å². The van der Waals surface area contributed by atoms with E-state index in [1.807, 2.05) is 0 Å². The Hall–Kier alpha value is -2.08. The molecular formula is C17H14. The van der Waals surface area contributed by atoms with E-state index >= 15 is 0 Å². The molecule has 0 spiro atoms.